The molecule has 3 rings (SSSR count). The largest absolute Gasteiger partial charge is 0.448 e. The van der Waals surface area contributed by atoms with Crippen LogP contribution >= 0.6 is 0 Å². The lowest BCUT2D eigenvalue weighted by atomic mass is 10.1. The number of esters is 1. The molecule has 154 valence electrons. The molecule has 0 saturated carbocycles. The zero-order valence-corrected chi connectivity index (χ0v) is 16.2. The van der Waals surface area contributed by atoms with Gasteiger partial charge in [-0.3, -0.25) is 19.7 Å². The number of ether oxygens (including phenoxy) is 1. The molecule has 0 bridgehead atoms. The van der Waals surface area contributed by atoms with Crippen molar-refractivity contribution in [2.75, 3.05) is 5.32 Å². The minimum Gasteiger partial charge on any atom is -0.448 e. The molecule has 10 heteroatoms. The van der Waals surface area contributed by atoms with Crippen LogP contribution in [0.15, 0.2) is 53.3 Å². The fourth-order valence-corrected chi connectivity index (χ4v) is 2.84. The highest BCUT2D eigenvalue weighted by Crippen LogP contribution is 2.23. The Bertz CT molecular complexity index is 1200. The molecule has 10 nitrogen and oxygen atoms in total. The van der Waals surface area contributed by atoms with Gasteiger partial charge >= 0.3 is 5.97 Å². The summed E-state index contributed by atoms with van der Waals surface area (Å²) in [6.07, 6.45) is -1.26. The summed E-state index contributed by atoms with van der Waals surface area (Å²) in [5.74, 6) is -1.63. The molecule has 3 aromatic rings. The number of aromatic nitrogens is 2. The van der Waals surface area contributed by atoms with Gasteiger partial charge in [-0.15, -0.1) is 0 Å². The quantitative estimate of drug-likeness (QED) is 0.375. The summed E-state index contributed by atoms with van der Waals surface area (Å²) in [4.78, 5) is 47.9. The van der Waals surface area contributed by atoms with Gasteiger partial charge in [-0.2, -0.15) is 5.10 Å². The Morgan fingerprint density at radius 1 is 1.17 bits per heavy atom. The van der Waals surface area contributed by atoms with Crippen LogP contribution in [0.2, 0.25) is 0 Å². The van der Waals surface area contributed by atoms with E-state index < -0.39 is 22.9 Å². The van der Waals surface area contributed by atoms with E-state index in [-0.39, 0.29) is 29.2 Å². The molecule has 30 heavy (non-hydrogen) atoms. The normalized spacial score (nSPS) is 11.7. The van der Waals surface area contributed by atoms with Gasteiger partial charge in [0.15, 0.2) is 11.8 Å². The van der Waals surface area contributed by atoms with Crippen LogP contribution in [0.4, 0.5) is 11.4 Å². The fraction of sp³-hybridized carbons (Fsp3) is 0.200. The maximum atomic E-state index is 12.7. The number of amides is 1. The molecule has 2 aromatic carbocycles. The number of para-hydroxylation sites is 2. The predicted molar refractivity (Wildman–Crippen MR) is 108 cm³/mol. The number of benzene rings is 2. The van der Waals surface area contributed by atoms with Crippen LogP contribution in [0, 0.1) is 10.1 Å². The van der Waals surface area contributed by atoms with Gasteiger partial charge in [-0.25, -0.2) is 9.48 Å². The van der Waals surface area contributed by atoms with Crippen LogP contribution in [0.5, 0.6) is 0 Å². The molecule has 0 saturated heterocycles. The number of hydrogen-bond donors (Lipinski definition) is 1. The van der Waals surface area contributed by atoms with Crippen molar-refractivity contribution >= 4 is 34.0 Å². The first kappa shape index (κ1) is 20.6. The maximum absolute atomic E-state index is 12.7. The smallest absolute Gasteiger partial charge is 0.360 e. The van der Waals surface area contributed by atoms with E-state index in [2.05, 4.69) is 10.4 Å². The number of rotatable bonds is 6. The fourth-order valence-electron chi connectivity index (χ4n) is 2.84. The van der Waals surface area contributed by atoms with Crippen LogP contribution in [-0.4, -0.2) is 32.7 Å². The van der Waals surface area contributed by atoms with E-state index in [1.54, 1.807) is 31.2 Å². The van der Waals surface area contributed by atoms with Gasteiger partial charge in [0.1, 0.15) is 5.69 Å². The first-order valence-corrected chi connectivity index (χ1v) is 9.08. The third-order valence-corrected chi connectivity index (χ3v) is 4.37. The summed E-state index contributed by atoms with van der Waals surface area (Å²) in [5.41, 5.74) is -0.741. The number of nitro benzene ring substituents is 1. The van der Waals surface area contributed by atoms with Crippen molar-refractivity contribution in [3.63, 3.8) is 0 Å². The molecule has 1 N–H and O–H groups in total. The molecule has 0 fully saturated rings. The van der Waals surface area contributed by atoms with E-state index in [9.17, 15) is 24.5 Å². The number of anilines is 1. The van der Waals surface area contributed by atoms with Crippen molar-refractivity contribution in [1.29, 1.82) is 0 Å². The van der Waals surface area contributed by atoms with Gasteiger partial charge in [0, 0.05) is 18.0 Å². The van der Waals surface area contributed by atoms with Gasteiger partial charge in [-0.1, -0.05) is 30.3 Å². The molecular weight excluding hydrogens is 392 g/mol. The van der Waals surface area contributed by atoms with Crippen molar-refractivity contribution in [3.8, 4) is 0 Å². The van der Waals surface area contributed by atoms with Gasteiger partial charge in [0.05, 0.1) is 10.3 Å². The number of nitrogens with one attached hydrogen (secondary N) is 1. The van der Waals surface area contributed by atoms with Gasteiger partial charge in [-0.05, 0) is 26.0 Å². The van der Waals surface area contributed by atoms with E-state index in [1.165, 1.54) is 31.2 Å². The summed E-state index contributed by atoms with van der Waals surface area (Å²) < 4.78 is 6.36. The van der Waals surface area contributed by atoms with Crippen LogP contribution in [-0.2, 0) is 16.1 Å². The maximum Gasteiger partial charge on any atom is 0.360 e. The van der Waals surface area contributed by atoms with Crippen LogP contribution < -0.4 is 10.9 Å². The van der Waals surface area contributed by atoms with Gasteiger partial charge in [0.25, 0.3) is 17.2 Å². The Kier molecular flexibility index (Phi) is 5.86. The Morgan fingerprint density at radius 3 is 2.47 bits per heavy atom. The van der Waals surface area contributed by atoms with Crippen molar-refractivity contribution in [2.24, 2.45) is 0 Å². The van der Waals surface area contributed by atoms with Crippen molar-refractivity contribution in [1.82, 2.24) is 9.78 Å². The molecule has 0 aliphatic heterocycles. The summed E-state index contributed by atoms with van der Waals surface area (Å²) >= 11 is 0. The molecule has 1 heterocycles. The number of carbonyl (C=O) groups is 2. The van der Waals surface area contributed by atoms with E-state index in [0.717, 1.165) is 4.68 Å². The lowest BCUT2D eigenvalue weighted by molar-refractivity contribution is -0.383. The first-order valence-electron chi connectivity index (χ1n) is 9.08. The molecule has 0 unspecified atom stereocenters. The van der Waals surface area contributed by atoms with Crippen molar-refractivity contribution in [3.05, 3.63) is 74.7 Å². The molecule has 1 atom stereocenters. The van der Waals surface area contributed by atoms with Crippen LogP contribution in [0.3, 0.4) is 0 Å². The molecule has 0 aliphatic carbocycles. The second kappa shape index (κ2) is 8.52. The minimum absolute atomic E-state index is 0.0153. The highest BCUT2D eigenvalue weighted by atomic mass is 16.6. The Morgan fingerprint density at radius 2 is 1.80 bits per heavy atom. The highest BCUT2D eigenvalue weighted by molar-refractivity contribution is 6.04. The van der Waals surface area contributed by atoms with E-state index in [1.807, 2.05) is 0 Å². The topological polar surface area (TPSA) is 133 Å². The number of hydrogen-bond acceptors (Lipinski definition) is 7. The predicted octanol–water partition coefficient (Wildman–Crippen LogP) is 2.51. The lowest BCUT2D eigenvalue weighted by Crippen LogP contribution is -2.32. The standard InChI is InChI=1S/C20H18N4O6/c1-3-23-19(26)14-9-5-4-8-13(14)17(22-23)20(27)30-12(2)18(25)21-15-10-6-7-11-16(15)24(28)29/h4-12H,3H2,1-2H3,(H,21,25)/t12-/m1/s1. The Hall–Kier alpha value is -4.08. The number of aryl methyl sites for hydroxylation is 1. The number of nitrogens with zero attached hydrogens (tertiary/aromatic N) is 3. The zero-order chi connectivity index (χ0) is 21.8. The average Bonchev–Trinajstić information content (AvgIpc) is 2.74. The molecule has 0 radical (unpaired) electrons. The van der Waals surface area contributed by atoms with E-state index >= 15 is 0 Å². The SMILES string of the molecule is CCn1nc(C(=O)O[C@H](C)C(=O)Nc2ccccc2[N+](=O)[O-])c2ccccc2c1=O. The zero-order valence-electron chi connectivity index (χ0n) is 16.2. The monoisotopic (exact) mass is 410 g/mol. The Balaban J connectivity index is 1.84. The summed E-state index contributed by atoms with van der Waals surface area (Å²) in [6, 6.07) is 12.1. The number of nitro groups is 1. The summed E-state index contributed by atoms with van der Waals surface area (Å²) in [5, 5.41) is 18.1. The Labute approximate surface area is 170 Å². The molecule has 1 amide bonds. The number of fused-ring (bicyclic) bond motifs is 1. The van der Waals surface area contributed by atoms with Gasteiger partial charge in [0.2, 0.25) is 0 Å². The van der Waals surface area contributed by atoms with Crippen molar-refractivity contribution < 1.29 is 19.2 Å². The molecule has 1 aromatic heterocycles. The van der Waals surface area contributed by atoms with Crippen LogP contribution in [0.25, 0.3) is 10.8 Å². The second-order valence-electron chi connectivity index (χ2n) is 6.33. The lowest BCUT2D eigenvalue weighted by Gasteiger charge is -2.14. The minimum atomic E-state index is -1.26. The van der Waals surface area contributed by atoms with Crippen LogP contribution in [0.1, 0.15) is 24.3 Å². The summed E-state index contributed by atoms with van der Waals surface area (Å²) in [7, 11) is 0. The molecule has 0 spiro atoms. The average molecular weight is 410 g/mol. The summed E-state index contributed by atoms with van der Waals surface area (Å²) in [6.45, 7) is 3.29. The first-order chi connectivity index (χ1) is 14.3. The second-order valence-corrected chi connectivity index (χ2v) is 6.33. The molecular formula is C20H18N4O6. The highest BCUT2D eigenvalue weighted by Gasteiger charge is 2.24. The van der Waals surface area contributed by atoms with Gasteiger partial charge < -0.3 is 10.1 Å². The van der Waals surface area contributed by atoms with Crippen molar-refractivity contribution in [2.45, 2.75) is 26.5 Å². The van der Waals surface area contributed by atoms with E-state index in [4.69, 9.17) is 4.74 Å². The van der Waals surface area contributed by atoms with E-state index in [0.29, 0.717) is 10.8 Å². The third kappa shape index (κ3) is 4.02. The third-order valence-electron chi connectivity index (χ3n) is 4.37. The number of carbonyl (C=O) groups excluding carboxylic acids is 2. The molecule has 0 aliphatic rings.